The van der Waals surface area contributed by atoms with Gasteiger partial charge in [0, 0.05) is 68.4 Å². The Morgan fingerprint density at radius 3 is 2.69 bits per heavy atom. The molecule has 0 saturated carbocycles. The standard InChI is InChI=1S/C36H46N6O6/c1-47-32-23-26(10-11-30(32)37)34(44)39-27-14-19-41(20-15-27)18-6-16-38-17-22-48-21-4-2-3-7-25-8-5-9-28-29(25)24-42(36(28)46)31-12-13-33(43)40-35(31)45/h5,8-11,23,27,31,38H,2,4,6,12-22,24,37H2,1H3,(H,39,44)(H,40,43,45). The van der Waals surface area contributed by atoms with E-state index in [0.717, 1.165) is 69.5 Å². The van der Waals surface area contributed by atoms with Crippen molar-refractivity contribution >= 4 is 29.3 Å². The van der Waals surface area contributed by atoms with Crippen molar-refractivity contribution in [3.05, 3.63) is 58.7 Å². The summed E-state index contributed by atoms with van der Waals surface area (Å²) in [5.41, 5.74) is 9.14. The Morgan fingerprint density at radius 2 is 1.90 bits per heavy atom. The van der Waals surface area contributed by atoms with Gasteiger partial charge in [-0.1, -0.05) is 17.9 Å². The molecule has 2 saturated heterocycles. The molecule has 3 aliphatic heterocycles. The molecule has 4 amide bonds. The Balaban J connectivity index is 0.892. The molecule has 3 heterocycles. The average molecular weight is 659 g/mol. The molecule has 12 nitrogen and oxygen atoms in total. The molecule has 256 valence electrons. The number of nitrogens with one attached hydrogen (secondary N) is 3. The van der Waals surface area contributed by atoms with Crippen LogP contribution in [0.1, 0.15) is 76.8 Å². The summed E-state index contributed by atoms with van der Waals surface area (Å²) in [5, 5.41) is 8.92. The zero-order valence-corrected chi connectivity index (χ0v) is 27.6. The van der Waals surface area contributed by atoms with Gasteiger partial charge in [-0.2, -0.15) is 0 Å². The zero-order valence-electron chi connectivity index (χ0n) is 27.6. The molecule has 12 heteroatoms. The lowest BCUT2D eigenvalue weighted by molar-refractivity contribution is -0.136. The van der Waals surface area contributed by atoms with E-state index in [1.165, 1.54) is 0 Å². The molecule has 0 radical (unpaired) electrons. The minimum Gasteiger partial charge on any atom is -0.495 e. The Morgan fingerprint density at radius 1 is 1.06 bits per heavy atom. The lowest BCUT2D eigenvalue weighted by Crippen LogP contribution is -2.52. The van der Waals surface area contributed by atoms with Gasteiger partial charge < -0.3 is 35.6 Å². The molecule has 2 fully saturated rings. The van der Waals surface area contributed by atoms with Gasteiger partial charge in [-0.15, -0.1) is 0 Å². The number of nitrogens with zero attached hydrogens (tertiary/aromatic N) is 2. The third kappa shape index (κ3) is 9.13. The van der Waals surface area contributed by atoms with E-state index < -0.39 is 11.9 Å². The number of carbonyl (C=O) groups excluding carboxylic acids is 4. The number of anilines is 1. The molecule has 2 aromatic carbocycles. The van der Waals surface area contributed by atoms with Crippen molar-refractivity contribution in [3.63, 3.8) is 0 Å². The predicted octanol–water partition coefficient (Wildman–Crippen LogP) is 2.06. The van der Waals surface area contributed by atoms with Crippen molar-refractivity contribution in [1.82, 2.24) is 25.8 Å². The molecule has 0 bridgehead atoms. The largest absolute Gasteiger partial charge is 0.495 e. The normalized spacial score (nSPS) is 18.2. The molecule has 0 aromatic heterocycles. The topological polar surface area (TPSA) is 155 Å². The number of hydrogen-bond acceptors (Lipinski definition) is 9. The van der Waals surface area contributed by atoms with E-state index in [9.17, 15) is 19.2 Å². The van der Waals surface area contributed by atoms with Crippen LogP contribution in [0.5, 0.6) is 5.75 Å². The second-order valence-corrected chi connectivity index (χ2v) is 12.4. The monoisotopic (exact) mass is 658 g/mol. The number of hydrogen-bond donors (Lipinski definition) is 4. The maximum atomic E-state index is 13.0. The molecule has 2 aromatic rings. The van der Waals surface area contributed by atoms with Gasteiger partial charge in [-0.3, -0.25) is 24.5 Å². The number of benzene rings is 2. The number of ether oxygens (including phenoxy) is 2. The van der Waals surface area contributed by atoms with E-state index >= 15 is 0 Å². The first-order chi connectivity index (χ1) is 23.3. The van der Waals surface area contributed by atoms with Gasteiger partial charge in [0.05, 0.1) is 19.4 Å². The number of methoxy groups -OCH3 is 1. The molecule has 0 aliphatic carbocycles. The summed E-state index contributed by atoms with van der Waals surface area (Å²) in [6.07, 6.45) is 4.98. The summed E-state index contributed by atoms with van der Waals surface area (Å²) in [6, 6.07) is 10.1. The highest BCUT2D eigenvalue weighted by Gasteiger charge is 2.39. The smallest absolute Gasteiger partial charge is 0.255 e. The first-order valence-corrected chi connectivity index (χ1v) is 16.8. The van der Waals surface area contributed by atoms with E-state index in [2.05, 4.69) is 32.7 Å². The highest BCUT2D eigenvalue weighted by atomic mass is 16.5. The quantitative estimate of drug-likeness (QED) is 0.103. The van der Waals surface area contributed by atoms with Gasteiger partial charge in [0.1, 0.15) is 11.8 Å². The molecule has 3 aliphatic rings. The average Bonchev–Trinajstić information content (AvgIpc) is 3.42. The predicted molar refractivity (Wildman–Crippen MR) is 181 cm³/mol. The number of nitrogen functional groups attached to an aromatic ring is 1. The van der Waals surface area contributed by atoms with Gasteiger partial charge in [0.25, 0.3) is 11.8 Å². The third-order valence-electron chi connectivity index (χ3n) is 9.07. The van der Waals surface area contributed by atoms with Crippen molar-refractivity contribution in [1.29, 1.82) is 0 Å². The molecular weight excluding hydrogens is 612 g/mol. The SMILES string of the molecule is COc1cc(C(=O)NC2CCN(CCCNCCOCCCC#Cc3cccc4c3CN(C3CCC(=O)NC3=O)C4=O)CC2)ccc1N. The van der Waals surface area contributed by atoms with Crippen molar-refractivity contribution in [2.75, 3.05) is 58.8 Å². The van der Waals surface area contributed by atoms with Crippen molar-refractivity contribution in [2.45, 2.75) is 63.6 Å². The van der Waals surface area contributed by atoms with E-state index in [4.69, 9.17) is 15.2 Å². The van der Waals surface area contributed by atoms with Crippen LogP contribution in [0.3, 0.4) is 0 Å². The van der Waals surface area contributed by atoms with Crippen LogP contribution in [-0.2, 0) is 20.9 Å². The highest BCUT2D eigenvalue weighted by molar-refractivity contribution is 6.05. The van der Waals surface area contributed by atoms with Crippen LogP contribution in [-0.4, -0.2) is 98.6 Å². The summed E-state index contributed by atoms with van der Waals surface area (Å²) in [7, 11) is 1.54. The first kappa shape index (κ1) is 34.9. The number of likely N-dealkylation sites (tertiary alicyclic amines) is 1. The lowest BCUT2D eigenvalue weighted by Gasteiger charge is -2.32. The molecule has 1 atom stereocenters. The lowest BCUT2D eigenvalue weighted by atomic mass is 10.0. The minimum atomic E-state index is -0.631. The number of amides is 4. The minimum absolute atomic E-state index is 0.0958. The molecule has 48 heavy (non-hydrogen) atoms. The maximum absolute atomic E-state index is 13.0. The molecule has 5 rings (SSSR count). The van der Waals surface area contributed by atoms with E-state index in [0.29, 0.717) is 55.2 Å². The zero-order chi connectivity index (χ0) is 33.9. The summed E-state index contributed by atoms with van der Waals surface area (Å²) in [6.45, 7) is 6.27. The second-order valence-electron chi connectivity index (χ2n) is 12.4. The fourth-order valence-corrected chi connectivity index (χ4v) is 6.34. The number of piperidine rings is 2. The van der Waals surface area contributed by atoms with Crippen LogP contribution in [0.15, 0.2) is 36.4 Å². The van der Waals surface area contributed by atoms with Crippen LogP contribution >= 0.6 is 0 Å². The highest BCUT2D eigenvalue weighted by Crippen LogP contribution is 2.29. The van der Waals surface area contributed by atoms with Gasteiger partial charge in [-0.25, -0.2) is 0 Å². The number of nitrogens with two attached hydrogens (primary N) is 1. The van der Waals surface area contributed by atoms with E-state index in [-0.39, 0.29) is 30.2 Å². The van der Waals surface area contributed by atoms with Crippen LogP contribution in [0.2, 0.25) is 0 Å². The van der Waals surface area contributed by atoms with E-state index in [1.807, 2.05) is 12.1 Å². The summed E-state index contributed by atoms with van der Waals surface area (Å²) in [4.78, 5) is 53.5. The van der Waals surface area contributed by atoms with Gasteiger partial charge in [0.2, 0.25) is 11.8 Å². The van der Waals surface area contributed by atoms with Crippen LogP contribution in [0, 0.1) is 11.8 Å². The third-order valence-corrected chi connectivity index (χ3v) is 9.07. The van der Waals surface area contributed by atoms with Crippen LogP contribution in [0.25, 0.3) is 0 Å². The summed E-state index contributed by atoms with van der Waals surface area (Å²) in [5.74, 6) is 5.91. The Hall–Kier alpha value is -4.44. The van der Waals surface area contributed by atoms with Crippen LogP contribution in [0.4, 0.5) is 5.69 Å². The second kappa shape index (κ2) is 17.1. The fraction of sp³-hybridized carbons (Fsp3) is 0.500. The van der Waals surface area contributed by atoms with Crippen LogP contribution < -0.4 is 26.4 Å². The first-order valence-electron chi connectivity index (χ1n) is 16.8. The Bertz CT molecular complexity index is 1540. The van der Waals surface area contributed by atoms with Crippen molar-refractivity contribution in [3.8, 4) is 17.6 Å². The molecule has 1 unspecified atom stereocenters. The maximum Gasteiger partial charge on any atom is 0.255 e. The number of carbonyl (C=O) groups is 4. The number of unbranched alkanes of at least 4 members (excludes halogenated alkanes) is 1. The van der Waals surface area contributed by atoms with Crippen molar-refractivity contribution < 1.29 is 28.7 Å². The number of fused-ring (bicyclic) bond motifs is 1. The fourth-order valence-electron chi connectivity index (χ4n) is 6.34. The molecule has 5 N–H and O–H groups in total. The van der Waals surface area contributed by atoms with Crippen molar-refractivity contribution in [2.24, 2.45) is 0 Å². The Kier molecular flexibility index (Phi) is 12.4. The summed E-state index contributed by atoms with van der Waals surface area (Å²) < 4.78 is 11.0. The summed E-state index contributed by atoms with van der Waals surface area (Å²) >= 11 is 0. The molecular formula is C36H46N6O6. The van der Waals surface area contributed by atoms with Gasteiger partial charge in [0.15, 0.2) is 0 Å². The van der Waals surface area contributed by atoms with Gasteiger partial charge in [-0.05, 0) is 81.1 Å². The number of imide groups is 1. The van der Waals surface area contributed by atoms with E-state index in [1.54, 1.807) is 36.3 Å². The van der Waals surface area contributed by atoms with Gasteiger partial charge >= 0.3 is 0 Å². The molecule has 0 spiro atoms. The Labute approximate surface area is 282 Å². The number of rotatable bonds is 14.